The van der Waals surface area contributed by atoms with Crippen molar-refractivity contribution in [1.82, 2.24) is 5.32 Å². The van der Waals surface area contributed by atoms with Gasteiger partial charge in [-0.1, -0.05) is 0 Å². The molecule has 12 heteroatoms. The van der Waals surface area contributed by atoms with Crippen LogP contribution in [0.2, 0.25) is 0 Å². The van der Waals surface area contributed by atoms with Crippen molar-refractivity contribution in [1.29, 1.82) is 0 Å². The topological polar surface area (TPSA) is 122 Å². The van der Waals surface area contributed by atoms with Crippen molar-refractivity contribution in [3.05, 3.63) is 44.1 Å². The van der Waals surface area contributed by atoms with E-state index in [4.69, 9.17) is 14.6 Å². The fraction of sp³-hybridized carbons (Fsp3) is 0.286. The highest BCUT2D eigenvalue weighted by atomic mass is 127. The number of halogens is 4. The van der Waals surface area contributed by atoms with Crippen LogP contribution in [-0.4, -0.2) is 41.2 Å². The fourth-order valence-corrected chi connectivity index (χ4v) is 6.61. The van der Waals surface area contributed by atoms with Crippen molar-refractivity contribution in [2.24, 2.45) is 0 Å². The Kier molecular flexibility index (Phi) is 11.7. The van der Waals surface area contributed by atoms with Gasteiger partial charge in [0.1, 0.15) is 17.5 Å². The van der Waals surface area contributed by atoms with Crippen LogP contribution in [-0.2, 0) is 25.5 Å². The van der Waals surface area contributed by atoms with Crippen molar-refractivity contribution < 1.29 is 34.1 Å². The number of hydrogen-bond acceptors (Lipinski definition) is 6. The van der Waals surface area contributed by atoms with E-state index in [-0.39, 0.29) is 31.4 Å². The van der Waals surface area contributed by atoms with Crippen LogP contribution in [0.3, 0.4) is 0 Å². The van der Waals surface area contributed by atoms with Gasteiger partial charge in [0.25, 0.3) is 0 Å². The Balaban J connectivity index is 2.17. The van der Waals surface area contributed by atoms with Gasteiger partial charge in [0.2, 0.25) is 5.91 Å². The lowest BCUT2D eigenvalue weighted by molar-refractivity contribution is -0.145. The highest BCUT2D eigenvalue weighted by Crippen LogP contribution is 2.37. The molecule has 0 aromatic heterocycles. The molecular formula is C21H19I4NO7. The average molecular weight is 905 g/mol. The van der Waals surface area contributed by atoms with Crippen LogP contribution < -0.4 is 10.1 Å². The number of rotatable bonds is 10. The van der Waals surface area contributed by atoms with E-state index < -0.39 is 23.9 Å². The molecule has 2 aromatic rings. The summed E-state index contributed by atoms with van der Waals surface area (Å²) in [6.07, 6.45) is 0.282. The lowest BCUT2D eigenvalue weighted by Gasteiger charge is -2.18. The SMILES string of the molecule is COC(=O)C(Cc1cc(I)c(Oc2cc(I)c(O)c(I)c2)c(I)c1)NC(=O)CCCC(=O)O. The normalized spacial score (nSPS) is 11.5. The van der Waals surface area contributed by atoms with Gasteiger partial charge in [-0.2, -0.15) is 0 Å². The predicted molar refractivity (Wildman–Crippen MR) is 155 cm³/mol. The van der Waals surface area contributed by atoms with Gasteiger partial charge < -0.3 is 25.0 Å². The summed E-state index contributed by atoms with van der Waals surface area (Å²) in [6, 6.07) is 6.31. The molecule has 1 unspecified atom stereocenters. The molecule has 0 bridgehead atoms. The minimum absolute atomic E-state index is 0.00582. The molecule has 3 N–H and O–H groups in total. The Morgan fingerprint density at radius 2 is 1.55 bits per heavy atom. The quantitative estimate of drug-likeness (QED) is 0.226. The second-order valence-corrected chi connectivity index (χ2v) is 11.5. The number of aromatic hydroxyl groups is 1. The van der Waals surface area contributed by atoms with E-state index in [0.717, 1.165) is 12.7 Å². The number of carboxylic acids is 1. The largest absolute Gasteiger partial charge is 0.506 e. The van der Waals surface area contributed by atoms with Crippen LogP contribution in [0.5, 0.6) is 17.2 Å². The molecular weight excluding hydrogens is 886 g/mol. The second-order valence-electron chi connectivity index (χ2n) is 6.82. The van der Waals surface area contributed by atoms with Gasteiger partial charge in [-0.15, -0.1) is 0 Å². The second kappa shape index (κ2) is 13.5. The van der Waals surface area contributed by atoms with Crippen molar-refractivity contribution in [3.63, 3.8) is 0 Å². The summed E-state index contributed by atoms with van der Waals surface area (Å²) in [4.78, 5) is 35.0. The maximum atomic E-state index is 12.2. The van der Waals surface area contributed by atoms with Crippen LogP contribution >= 0.6 is 90.4 Å². The van der Waals surface area contributed by atoms with E-state index in [9.17, 15) is 19.5 Å². The zero-order valence-corrected chi connectivity index (χ0v) is 25.8. The Bertz CT molecular complexity index is 1010. The van der Waals surface area contributed by atoms with E-state index in [1.807, 2.05) is 57.3 Å². The molecule has 1 atom stereocenters. The van der Waals surface area contributed by atoms with Gasteiger partial charge in [0.15, 0.2) is 5.75 Å². The number of ether oxygens (including phenoxy) is 2. The number of esters is 1. The lowest BCUT2D eigenvalue weighted by atomic mass is 10.1. The van der Waals surface area contributed by atoms with Crippen molar-refractivity contribution >= 4 is 108 Å². The number of phenols is 1. The minimum atomic E-state index is -0.976. The Hall–Kier alpha value is -0.630. The minimum Gasteiger partial charge on any atom is -0.506 e. The van der Waals surface area contributed by atoms with Gasteiger partial charge in [0, 0.05) is 19.3 Å². The van der Waals surface area contributed by atoms with Gasteiger partial charge in [-0.3, -0.25) is 9.59 Å². The molecule has 178 valence electrons. The van der Waals surface area contributed by atoms with Gasteiger partial charge in [-0.25, -0.2) is 4.79 Å². The number of amides is 1. The van der Waals surface area contributed by atoms with Crippen LogP contribution in [0.1, 0.15) is 24.8 Å². The molecule has 2 rings (SSSR count). The van der Waals surface area contributed by atoms with Gasteiger partial charge in [0.05, 0.1) is 21.4 Å². The molecule has 0 aliphatic carbocycles. The van der Waals surface area contributed by atoms with E-state index in [0.29, 0.717) is 18.6 Å². The van der Waals surface area contributed by atoms with E-state index in [1.165, 1.54) is 7.11 Å². The summed E-state index contributed by atoms with van der Waals surface area (Å²) < 4.78 is 13.9. The molecule has 0 heterocycles. The first kappa shape index (κ1) is 28.6. The van der Waals surface area contributed by atoms with E-state index in [2.05, 4.69) is 50.5 Å². The van der Waals surface area contributed by atoms with Crippen LogP contribution in [0, 0.1) is 14.3 Å². The molecule has 1 amide bonds. The number of methoxy groups -OCH3 is 1. The van der Waals surface area contributed by atoms with Crippen LogP contribution in [0.25, 0.3) is 0 Å². The molecule has 0 aliphatic rings. The summed E-state index contributed by atoms with van der Waals surface area (Å²) in [7, 11) is 1.25. The third-order valence-electron chi connectivity index (χ3n) is 4.32. The first-order chi connectivity index (χ1) is 15.5. The maximum Gasteiger partial charge on any atom is 0.328 e. The highest BCUT2D eigenvalue weighted by Gasteiger charge is 2.23. The first-order valence-corrected chi connectivity index (χ1v) is 13.8. The van der Waals surface area contributed by atoms with Gasteiger partial charge >= 0.3 is 11.9 Å². The van der Waals surface area contributed by atoms with E-state index >= 15 is 0 Å². The van der Waals surface area contributed by atoms with Crippen molar-refractivity contribution in [3.8, 4) is 17.2 Å². The number of aliphatic carboxylic acids is 1. The summed E-state index contributed by atoms with van der Waals surface area (Å²) >= 11 is 8.36. The number of nitrogens with one attached hydrogen (secondary N) is 1. The first-order valence-electron chi connectivity index (χ1n) is 9.44. The number of carboxylic acid groups (broad SMARTS) is 1. The summed E-state index contributed by atoms with van der Waals surface area (Å²) in [5.41, 5.74) is 0.798. The van der Waals surface area contributed by atoms with Crippen molar-refractivity contribution in [2.75, 3.05) is 7.11 Å². The van der Waals surface area contributed by atoms with Crippen LogP contribution in [0.4, 0.5) is 0 Å². The maximum absolute atomic E-state index is 12.2. The lowest BCUT2D eigenvalue weighted by Crippen LogP contribution is -2.43. The highest BCUT2D eigenvalue weighted by molar-refractivity contribution is 14.1. The number of hydrogen-bond donors (Lipinski definition) is 3. The molecule has 0 saturated carbocycles. The third kappa shape index (κ3) is 8.83. The summed E-state index contributed by atoms with van der Waals surface area (Å²) in [5, 5.41) is 21.3. The molecule has 0 radical (unpaired) electrons. The number of carbonyl (C=O) groups is 3. The standard InChI is InChI=1S/C21H19I4NO7/c1-32-21(31)16(26-17(27)3-2-4-18(28)29)7-10-5-14(24)20(15(25)6-10)33-11-8-12(22)19(30)13(23)9-11/h5-6,8-9,16,30H,2-4,7H2,1H3,(H,26,27)(H,28,29). The summed E-state index contributed by atoms with van der Waals surface area (Å²) in [6.45, 7) is 0. The predicted octanol–water partition coefficient (Wildman–Crippen LogP) is 5.06. The Morgan fingerprint density at radius 1 is 0.970 bits per heavy atom. The van der Waals surface area contributed by atoms with Crippen LogP contribution in [0.15, 0.2) is 24.3 Å². The Labute approximate surface area is 245 Å². The Morgan fingerprint density at radius 3 is 2.06 bits per heavy atom. The monoisotopic (exact) mass is 905 g/mol. The number of benzene rings is 2. The smallest absolute Gasteiger partial charge is 0.328 e. The van der Waals surface area contributed by atoms with Crippen molar-refractivity contribution in [2.45, 2.75) is 31.7 Å². The molecule has 0 spiro atoms. The van der Waals surface area contributed by atoms with E-state index in [1.54, 1.807) is 12.1 Å². The molecule has 2 aromatic carbocycles. The summed E-state index contributed by atoms with van der Waals surface area (Å²) in [5.74, 6) is -0.527. The zero-order valence-electron chi connectivity index (χ0n) is 17.2. The molecule has 0 aliphatic heterocycles. The van der Waals surface area contributed by atoms with Gasteiger partial charge in [-0.05, 0) is 127 Å². The third-order valence-corrected chi connectivity index (χ3v) is 7.57. The molecule has 0 fully saturated rings. The molecule has 33 heavy (non-hydrogen) atoms. The zero-order chi connectivity index (χ0) is 24.7. The average Bonchev–Trinajstić information content (AvgIpc) is 2.73. The fourth-order valence-electron chi connectivity index (χ4n) is 2.78. The number of carbonyl (C=O) groups excluding carboxylic acids is 2. The number of phenolic OH excluding ortho intramolecular Hbond substituents is 1. The molecule has 0 saturated heterocycles. The molecule has 8 nitrogen and oxygen atoms in total.